The van der Waals surface area contributed by atoms with Gasteiger partial charge in [0.15, 0.2) is 6.61 Å². The Labute approximate surface area is 192 Å². The fourth-order valence-electron chi connectivity index (χ4n) is 5.69. The number of imide groups is 1. The van der Waals surface area contributed by atoms with Gasteiger partial charge < -0.3 is 19.5 Å². The minimum atomic E-state index is -1.04. The summed E-state index contributed by atoms with van der Waals surface area (Å²) in [6, 6.07) is 3.85. The van der Waals surface area contributed by atoms with Gasteiger partial charge in [0.2, 0.25) is 11.8 Å². The van der Waals surface area contributed by atoms with Gasteiger partial charge >= 0.3 is 5.97 Å². The van der Waals surface area contributed by atoms with E-state index in [4.69, 9.17) is 14.2 Å². The van der Waals surface area contributed by atoms with Crippen LogP contribution >= 0.6 is 0 Å². The van der Waals surface area contributed by atoms with Gasteiger partial charge in [0.1, 0.15) is 17.5 Å². The summed E-state index contributed by atoms with van der Waals surface area (Å²) in [5.41, 5.74) is 0.396. The third-order valence-electron chi connectivity index (χ3n) is 7.14. The van der Waals surface area contributed by atoms with Gasteiger partial charge in [-0.25, -0.2) is 4.79 Å². The SMILES string of the molecule is COc1ccc(NC(=O)COC(=O)[C@@H](C(C)C)N2C(=O)[C@@H]3[C@H]4CC[C@@H](C4)[C@@H]3C2=O)c(OC)c1. The van der Waals surface area contributed by atoms with E-state index in [-0.39, 0.29) is 41.4 Å². The molecule has 178 valence electrons. The van der Waals surface area contributed by atoms with Crippen LogP contribution in [0.1, 0.15) is 33.1 Å². The average Bonchev–Trinajstić information content (AvgIpc) is 3.48. The van der Waals surface area contributed by atoms with Crippen LogP contribution in [0.2, 0.25) is 0 Å². The van der Waals surface area contributed by atoms with Crippen molar-refractivity contribution in [3.8, 4) is 11.5 Å². The fourth-order valence-corrected chi connectivity index (χ4v) is 5.69. The fraction of sp³-hybridized carbons (Fsp3) is 0.583. The lowest BCUT2D eigenvalue weighted by Gasteiger charge is -2.28. The molecule has 1 N–H and O–H groups in total. The molecule has 1 aliphatic heterocycles. The number of likely N-dealkylation sites (tertiary alicyclic amines) is 1. The van der Waals surface area contributed by atoms with Gasteiger partial charge in [-0.05, 0) is 49.1 Å². The van der Waals surface area contributed by atoms with Gasteiger partial charge in [-0.1, -0.05) is 13.8 Å². The Morgan fingerprint density at radius 1 is 1.06 bits per heavy atom. The zero-order chi connectivity index (χ0) is 23.9. The summed E-state index contributed by atoms with van der Waals surface area (Å²) in [5, 5.41) is 2.63. The summed E-state index contributed by atoms with van der Waals surface area (Å²) in [7, 11) is 2.98. The summed E-state index contributed by atoms with van der Waals surface area (Å²) in [4.78, 5) is 52.7. The predicted molar refractivity (Wildman–Crippen MR) is 117 cm³/mol. The number of fused-ring (bicyclic) bond motifs is 5. The number of rotatable bonds is 8. The average molecular weight is 459 g/mol. The predicted octanol–water partition coefficient (Wildman–Crippen LogP) is 2.24. The molecule has 2 bridgehead atoms. The van der Waals surface area contributed by atoms with E-state index in [1.165, 1.54) is 14.2 Å². The van der Waals surface area contributed by atoms with Crippen LogP contribution in [-0.2, 0) is 23.9 Å². The molecular formula is C24H30N2O7. The zero-order valence-corrected chi connectivity index (χ0v) is 19.3. The molecule has 4 rings (SSSR count). The number of nitrogens with one attached hydrogen (secondary N) is 1. The minimum Gasteiger partial charge on any atom is -0.497 e. The lowest BCUT2D eigenvalue weighted by atomic mass is 9.81. The number of amides is 3. The molecule has 2 aliphatic carbocycles. The van der Waals surface area contributed by atoms with E-state index in [9.17, 15) is 19.2 Å². The monoisotopic (exact) mass is 458 g/mol. The first-order chi connectivity index (χ1) is 15.8. The number of anilines is 1. The second-order valence-corrected chi connectivity index (χ2v) is 9.34. The molecule has 9 nitrogen and oxygen atoms in total. The van der Waals surface area contributed by atoms with Crippen molar-refractivity contribution >= 4 is 29.4 Å². The summed E-state index contributed by atoms with van der Waals surface area (Å²) in [5.74, 6) is -1.39. The normalized spacial score (nSPS) is 26.4. The van der Waals surface area contributed by atoms with Crippen molar-refractivity contribution in [3.63, 3.8) is 0 Å². The summed E-state index contributed by atoms with van der Waals surface area (Å²) in [6.07, 6.45) is 2.85. The van der Waals surface area contributed by atoms with Crippen LogP contribution < -0.4 is 14.8 Å². The molecule has 3 amide bonds. The number of benzene rings is 1. The molecule has 1 aromatic rings. The maximum absolute atomic E-state index is 13.1. The molecule has 2 saturated carbocycles. The molecule has 0 spiro atoms. The van der Waals surface area contributed by atoms with Crippen molar-refractivity contribution in [1.82, 2.24) is 4.90 Å². The van der Waals surface area contributed by atoms with Gasteiger partial charge in [0.05, 0.1) is 31.7 Å². The maximum Gasteiger partial charge on any atom is 0.330 e. The molecule has 1 saturated heterocycles. The lowest BCUT2D eigenvalue weighted by molar-refractivity contribution is -0.162. The molecule has 3 aliphatic rings. The third kappa shape index (κ3) is 4.05. The zero-order valence-electron chi connectivity index (χ0n) is 19.3. The number of methoxy groups -OCH3 is 2. The standard InChI is InChI=1S/C24H30N2O7/c1-12(2)21(26-22(28)19-13-5-6-14(9-13)20(19)23(26)29)24(30)33-11-18(27)25-16-8-7-15(31-3)10-17(16)32-4/h7-8,10,12-14,19-21H,5-6,9,11H2,1-4H3,(H,25,27)/t13-,14-,19-,20+,21+/m0/s1. The highest BCUT2D eigenvalue weighted by atomic mass is 16.5. The molecule has 1 aromatic carbocycles. The smallest absolute Gasteiger partial charge is 0.330 e. The highest BCUT2D eigenvalue weighted by Gasteiger charge is 2.62. The second kappa shape index (κ2) is 9.03. The molecule has 9 heteroatoms. The van der Waals surface area contributed by atoms with Crippen molar-refractivity contribution in [2.24, 2.45) is 29.6 Å². The first-order valence-corrected chi connectivity index (χ1v) is 11.3. The number of hydrogen-bond donors (Lipinski definition) is 1. The van der Waals surface area contributed by atoms with E-state index < -0.39 is 24.5 Å². The Hall–Kier alpha value is -3.10. The van der Waals surface area contributed by atoms with Crippen LogP contribution in [0.3, 0.4) is 0 Å². The summed E-state index contributed by atoms with van der Waals surface area (Å²) < 4.78 is 15.6. The van der Waals surface area contributed by atoms with Crippen LogP contribution in [0.15, 0.2) is 18.2 Å². The topological polar surface area (TPSA) is 111 Å². The van der Waals surface area contributed by atoms with Crippen LogP contribution in [-0.4, -0.2) is 55.5 Å². The summed E-state index contributed by atoms with van der Waals surface area (Å²) >= 11 is 0. The number of hydrogen-bond acceptors (Lipinski definition) is 7. The van der Waals surface area contributed by atoms with E-state index in [0.29, 0.717) is 17.2 Å². The molecule has 5 atom stereocenters. The van der Waals surface area contributed by atoms with Gasteiger partial charge in [0.25, 0.3) is 5.91 Å². The van der Waals surface area contributed by atoms with Crippen molar-refractivity contribution in [2.75, 3.05) is 26.1 Å². The molecule has 0 radical (unpaired) electrons. The number of carbonyl (C=O) groups excluding carboxylic acids is 4. The maximum atomic E-state index is 13.1. The lowest BCUT2D eigenvalue weighted by Crippen LogP contribution is -2.50. The van der Waals surface area contributed by atoms with E-state index >= 15 is 0 Å². The Balaban J connectivity index is 1.41. The van der Waals surface area contributed by atoms with Crippen LogP contribution in [0.4, 0.5) is 5.69 Å². The van der Waals surface area contributed by atoms with E-state index in [0.717, 1.165) is 24.2 Å². The molecule has 1 heterocycles. The Morgan fingerprint density at radius 2 is 1.70 bits per heavy atom. The van der Waals surface area contributed by atoms with Crippen molar-refractivity contribution in [3.05, 3.63) is 18.2 Å². The van der Waals surface area contributed by atoms with Crippen LogP contribution in [0.5, 0.6) is 11.5 Å². The molecule has 0 aromatic heterocycles. The summed E-state index contributed by atoms with van der Waals surface area (Å²) in [6.45, 7) is 2.97. The first-order valence-electron chi connectivity index (χ1n) is 11.3. The minimum absolute atomic E-state index is 0.232. The van der Waals surface area contributed by atoms with Gasteiger partial charge in [-0.15, -0.1) is 0 Å². The molecule has 3 fully saturated rings. The van der Waals surface area contributed by atoms with E-state index in [2.05, 4.69) is 5.32 Å². The third-order valence-corrected chi connectivity index (χ3v) is 7.14. The van der Waals surface area contributed by atoms with Crippen molar-refractivity contribution < 1.29 is 33.4 Å². The van der Waals surface area contributed by atoms with E-state index in [1.807, 2.05) is 0 Å². The van der Waals surface area contributed by atoms with Gasteiger partial charge in [-0.2, -0.15) is 0 Å². The Bertz CT molecular complexity index is 948. The second-order valence-electron chi connectivity index (χ2n) is 9.34. The van der Waals surface area contributed by atoms with Gasteiger partial charge in [0, 0.05) is 6.07 Å². The molecular weight excluding hydrogens is 428 g/mol. The quantitative estimate of drug-likeness (QED) is 0.470. The Morgan fingerprint density at radius 3 is 2.24 bits per heavy atom. The first kappa shape index (κ1) is 23.1. The van der Waals surface area contributed by atoms with Crippen LogP contribution in [0, 0.1) is 29.6 Å². The highest BCUT2D eigenvalue weighted by Crippen LogP contribution is 2.56. The Kier molecular flexibility index (Phi) is 6.32. The number of carbonyl (C=O) groups is 4. The van der Waals surface area contributed by atoms with E-state index in [1.54, 1.807) is 32.0 Å². The number of ether oxygens (including phenoxy) is 3. The van der Waals surface area contributed by atoms with Gasteiger partial charge in [-0.3, -0.25) is 19.3 Å². The molecule has 0 unspecified atom stereocenters. The number of nitrogens with zero attached hydrogens (tertiary/aromatic N) is 1. The number of esters is 1. The molecule has 33 heavy (non-hydrogen) atoms. The van der Waals surface area contributed by atoms with Crippen molar-refractivity contribution in [1.29, 1.82) is 0 Å². The largest absolute Gasteiger partial charge is 0.497 e. The van der Waals surface area contributed by atoms with Crippen molar-refractivity contribution in [2.45, 2.75) is 39.2 Å². The van der Waals surface area contributed by atoms with Crippen LogP contribution in [0.25, 0.3) is 0 Å². The highest BCUT2D eigenvalue weighted by molar-refractivity contribution is 6.08.